The van der Waals surface area contributed by atoms with E-state index in [2.05, 4.69) is 10.6 Å². The summed E-state index contributed by atoms with van der Waals surface area (Å²) in [7, 11) is 1.65. The number of benzene rings is 1. The maximum absolute atomic E-state index is 11.9. The Morgan fingerprint density at radius 1 is 1.56 bits per heavy atom. The summed E-state index contributed by atoms with van der Waals surface area (Å²) in [5, 5.41) is 6.14. The minimum atomic E-state index is -0.0264. The average Bonchev–Trinajstić information content (AvgIpc) is 2.90. The van der Waals surface area contributed by atoms with Crippen molar-refractivity contribution in [2.75, 3.05) is 13.7 Å². The lowest BCUT2D eigenvalue weighted by Gasteiger charge is -2.13. The van der Waals surface area contributed by atoms with Crippen molar-refractivity contribution in [1.82, 2.24) is 10.6 Å². The van der Waals surface area contributed by atoms with Gasteiger partial charge in [-0.2, -0.15) is 0 Å². The number of hydrogen-bond acceptors (Lipinski definition) is 3. The Morgan fingerprint density at radius 2 is 2.39 bits per heavy atom. The maximum atomic E-state index is 11.9. The summed E-state index contributed by atoms with van der Waals surface area (Å²) >= 11 is 0. The molecule has 1 unspecified atom stereocenters. The first-order valence-corrected chi connectivity index (χ1v) is 6.35. The fourth-order valence-electron chi connectivity index (χ4n) is 2.21. The van der Waals surface area contributed by atoms with E-state index in [-0.39, 0.29) is 11.9 Å². The standard InChI is InChI=1S/C14H20N2O2/c1-10-5-6-11(13(8-10)18-2)9-16-14(17)12-4-3-7-15-12/h5-6,8,12,15H,3-4,7,9H2,1-2H3,(H,16,17). The molecule has 0 aliphatic carbocycles. The highest BCUT2D eigenvalue weighted by molar-refractivity contribution is 5.82. The number of amides is 1. The quantitative estimate of drug-likeness (QED) is 0.846. The summed E-state index contributed by atoms with van der Waals surface area (Å²) in [6.45, 7) is 3.47. The van der Waals surface area contributed by atoms with Gasteiger partial charge in [0, 0.05) is 12.1 Å². The van der Waals surface area contributed by atoms with Gasteiger partial charge in [0.1, 0.15) is 5.75 Å². The van der Waals surface area contributed by atoms with Crippen LogP contribution in [0.3, 0.4) is 0 Å². The molecule has 1 atom stereocenters. The Hall–Kier alpha value is -1.55. The van der Waals surface area contributed by atoms with Crippen molar-refractivity contribution in [2.45, 2.75) is 32.4 Å². The molecule has 1 fully saturated rings. The number of ether oxygens (including phenoxy) is 1. The molecule has 1 aromatic carbocycles. The topological polar surface area (TPSA) is 50.4 Å². The van der Waals surface area contributed by atoms with Gasteiger partial charge in [-0.15, -0.1) is 0 Å². The molecule has 1 aromatic rings. The third kappa shape index (κ3) is 3.01. The number of hydrogen-bond donors (Lipinski definition) is 2. The molecule has 0 radical (unpaired) electrons. The lowest BCUT2D eigenvalue weighted by molar-refractivity contribution is -0.122. The zero-order valence-electron chi connectivity index (χ0n) is 11.0. The Bertz CT molecular complexity index is 426. The Balaban J connectivity index is 1.95. The van der Waals surface area contributed by atoms with Gasteiger partial charge >= 0.3 is 0 Å². The highest BCUT2D eigenvalue weighted by Crippen LogP contribution is 2.19. The van der Waals surface area contributed by atoms with Crippen LogP contribution in [-0.4, -0.2) is 25.6 Å². The van der Waals surface area contributed by atoms with Gasteiger partial charge in [0.2, 0.25) is 5.91 Å². The number of carbonyl (C=O) groups is 1. The molecule has 1 aliphatic rings. The molecule has 4 nitrogen and oxygen atoms in total. The molecular formula is C14H20N2O2. The number of rotatable bonds is 4. The molecule has 1 heterocycles. The predicted octanol–water partition coefficient (Wildman–Crippen LogP) is 1.37. The fourth-order valence-corrected chi connectivity index (χ4v) is 2.21. The Kier molecular flexibility index (Phi) is 4.20. The Morgan fingerprint density at radius 3 is 3.06 bits per heavy atom. The highest BCUT2D eigenvalue weighted by Gasteiger charge is 2.21. The summed E-state index contributed by atoms with van der Waals surface area (Å²) < 4.78 is 5.32. The van der Waals surface area contributed by atoms with Crippen LogP contribution in [0.5, 0.6) is 5.75 Å². The lowest BCUT2D eigenvalue weighted by Crippen LogP contribution is -2.40. The van der Waals surface area contributed by atoms with Gasteiger partial charge in [-0.25, -0.2) is 0 Å². The van der Waals surface area contributed by atoms with Crippen molar-refractivity contribution in [1.29, 1.82) is 0 Å². The number of methoxy groups -OCH3 is 1. The second kappa shape index (κ2) is 5.87. The van der Waals surface area contributed by atoms with Crippen LogP contribution in [0.4, 0.5) is 0 Å². The van der Waals surface area contributed by atoms with Crippen molar-refractivity contribution in [3.63, 3.8) is 0 Å². The van der Waals surface area contributed by atoms with Crippen LogP contribution in [0.25, 0.3) is 0 Å². The van der Waals surface area contributed by atoms with Crippen LogP contribution < -0.4 is 15.4 Å². The molecule has 1 aliphatic heterocycles. The number of aryl methyl sites for hydroxylation is 1. The molecular weight excluding hydrogens is 228 g/mol. The third-order valence-corrected chi connectivity index (χ3v) is 3.27. The SMILES string of the molecule is COc1cc(C)ccc1CNC(=O)C1CCCN1. The monoisotopic (exact) mass is 248 g/mol. The predicted molar refractivity (Wildman–Crippen MR) is 70.6 cm³/mol. The first-order valence-electron chi connectivity index (χ1n) is 6.35. The first kappa shape index (κ1) is 12.9. The van der Waals surface area contributed by atoms with Crippen LogP contribution >= 0.6 is 0 Å². The van der Waals surface area contributed by atoms with Gasteiger partial charge in [0.15, 0.2) is 0 Å². The molecule has 1 amide bonds. The molecule has 2 N–H and O–H groups in total. The van der Waals surface area contributed by atoms with E-state index < -0.39 is 0 Å². The third-order valence-electron chi connectivity index (χ3n) is 3.27. The van der Waals surface area contributed by atoms with Crippen molar-refractivity contribution in [3.05, 3.63) is 29.3 Å². The van der Waals surface area contributed by atoms with Gasteiger partial charge in [0.05, 0.1) is 13.2 Å². The van der Waals surface area contributed by atoms with E-state index in [1.807, 2.05) is 25.1 Å². The van der Waals surface area contributed by atoms with Gasteiger partial charge in [-0.1, -0.05) is 12.1 Å². The molecule has 0 bridgehead atoms. The summed E-state index contributed by atoms with van der Waals surface area (Å²) in [4.78, 5) is 11.9. The molecule has 4 heteroatoms. The van der Waals surface area contributed by atoms with Gasteiger partial charge < -0.3 is 15.4 Å². The molecule has 1 saturated heterocycles. The number of nitrogens with one attached hydrogen (secondary N) is 2. The summed E-state index contributed by atoms with van der Waals surface area (Å²) in [6.07, 6.45) is 2.00. The van der Waals surface area contributed by atoms with Crippen molar-refractivity contribution >= 4 is 5.91 Å². The molecule has 0 spiro atoms. The average molecular weight is 248 g/mol. The smallest absolute Gasteiger partial charge is 0.237 e. The normalized spacial score (nSPS) is 18.7. The zero-order chi connectivity index (χ0) is 13.0. The lowest BCUT2D eigenvalue weighted by atomic mass is 10.1. The van der Waals surface area contributed by atoms with Crippen LogP contribution in [0.15, 0.2) is 18.2 Å². The van der Waals surface area contributed by atoms with E-state index in [1.165, 1.54) is 0 Å². The van der Waals surface area contributed by atoms with Crippen LogP contribution in [0.1, 0.15) is 24.0 Å². The largest absolute Gasteiger partial charge is 0.496 e. The Labute approximate surface area is 108 Å². The van der Waals surface area contributed by atoms with Crippen molar-refractivity contribution in [2.24, 2.45) is 0 Å². The van der Waals surface area contributed by atoms with E-state index in [9.17, 15) is 4.79 Å². The van der Waals surface area contributed by atoms with E-state index in [0.717, 1.165) is 36.3 Å². The van der Waals surface area contributed by atoms with Gasteiger partial charge in [0.25, 0.3) is 0 Å². The number of carbonyl (C=O) groups excluding carboxylic acids is 1. The maximum Gasteiger partial charge on any atom is 0.237 e. The second-order valence-corrected chi connectivity index (χ2v) is 4.68. The highest BCUT2D eigenvalue weighted by atomic mass is 16.5. The molecule has 18 heavy (non-hydrogen) atoms. The van der Waals surface area contributed by atoms with Gasteiger partial charge in [-0.05, 0) is 37.9 Å². The minimum absolute atomic E-state index is 0.0264. The second-order valence-electron chi connectivity index (χ2n) is 4.68. The van der Waals surface area contributed by atoms with E-state index in [4.69, 9.17) is 4.74 Å². The minimum Gasteiger partial charge on any atom is -0.496 e. The summed E-state index contributed by atoms with van der Waals surface area (Å²) in [5.74, 6) is 0.907. The van der Waals surface area contributed by atoms with E-state index >= 15 is 0 Å². The van der Waals surface area contributed by atoms with Crippen molar-refractivity contribution in [3.8, 4) is 5.75 Å². The van der Waals surface area contributed by atoms with Crippen LogP contribution in [0, 0.1) is 6.92 Å². The zero-order valence-corrected chi connectivity index (χ0v) is 11.0. The van der Waals surface area contributed by atoms with E-state index in [0.29, 0.717) is 6.54 Å². The van der Waals surface area contributed by atoms with Gasteiger partial charge in [-0.3, -0.25) is 4.79 Å². The van der Waals surface area contributed by atoms with E-state index in [1.54, 1.807) is 7.11 Å². The molecule has 0 aromatic heterocycles. The molecule has 2 rings (SSSR count). The summed E-state index contributed by atoms with van der Waals surface area (Å²) in [5.41, 5.74) is 2.16. The molecule has 0 saturated carbocycles. The first-order chi connectivity index (χ1) is 8.70. The fraction of sp³-hybridized carbons (Fsp3) is 0.500. The molecule has 98 valence electrons. The van der Waals surface area contributed by atoms with Crippen LogP contribution in [0.2, 0.25) is 0 Å². The van der Waals surface area contributed by atoms with Crippen LogP contribution in [-0.2, 0) is 11.3 Å². The van der Waals surface area contributed by atoms with Crippen molar-refractivity contribution < 1.29 is 9.53 Å². The summed E-state index contributed by atoms with van der Waals surface area (Å²) in [6, 6.07) is 5.98.